The van der Waals surface area contributed by atoms with Crippen LogP contribution in [-0.2, 0) is 16.0 Å². The predicted octanol–water partition coefficient (Wildman–Crippen LogP) is 2.42. The molecule has 0 fully saturated rings. The minimum atomic E-state index is -0.362. The van der Waals surface area contributed by atoms with E-state index in [0.717, 1.165) is 10.4 Å². The van der Waals surface area contributed by atoms with Gasteiger partial charge in [-0.15, -0.1) is 11.3 Å². The number of thiocarbonyl (C=S) groups is 1. The second-order valence-corrected chi connectivity index (χ2v) is 6.21. The summed E-state index contributed by atoms with van der Waals surface area (Å²) in [7, 11) is 0. The fraction of sp³-hybridized carbons (Fsp3) is 0.118. The van der Waals surface area contributed by atoms with Gasteiger partial charge in [0, 0.05) is 17.4 Å². The van der Waals surface area contributed by atoms with Crippen LogP contribution in [0.25, 0.3) is 6.08 Å². The first-order valence-electron chi connectivity index (χ1n) is 7.29. The average molecular weight is 359 g/mol. The molecule has 7 heteroatoms. The van der Waals surface area contributed by atoms with E-state index in [1.54, 1.807) is 6.08 Å². The summed E-state index contributed by atoms with van der Waals surface area (Å²) in [6.07, 6.45) is 4.04. The maximum Gasteiger partial charge on any atom is 0.250 e. The highest BCUT2D eigenvalue weighted by Crippen LogP contribution is 2.09. The van der Waals surface area contributed by atoms with Crippen molar-refractivity contribution in [3.63, 3.8) is 0 Å². The van der Waals surface area contributed by atoms with Crippen LogP contribution >= 0.6 is 23.6 Å². The molecule has 24 heavy (non-hydrogen) atoms. The maximum absolute atomic E-state index is 11.7. The highest BCUT2D eigenvalue weighted by molar-refractivity contribution is 7.80. The number of amides is 2. The van der Waals surface area contributed by atoms with Gasteiger partial charge < -0.3 is 0 Å². The van der Waals surface area contributed by atoms with Crippen LogP contribution in [0, 0.1) is 0 Å². The third kappa shape index (κ3) is 6.72. The van der Waals surface area contributed by atoms with Crippen LogP contribution in [0.15, 0.2) is 53.9 Å². The molecule has 0 aliphatic heterocycles. The van der Waals surface area contributed by atoms with E-state index < -0.39 is 0 Å². The van der Waals surface area contributed by atoms with E-state index in [4.69, 9.17) is 12.2 Å². The number of hydrogen-bond donors (Lipinski definition) is 3. The first-order valence-corrected chi connectivity index (χ1v) is 8.57. The van der Waals surface area contributed by atoms with E-state index in [2.05, 4.69) is 16.2 Å². The number of carbonyl (C=O) groups excluding carboxylic acids is 2. The molecule has 2 amide bonds. The third-order valence-electron chi connectivity index (χ3n) is 2.98. The van der Waals surface area contributed by atoms with Crippen molar-refractivity contribution in [1.29, 1.82) is 0 Å². The van der Waals surface area contributed by atoms with Crippen molar-refractivity contribution in [2.75, 3.05) is 0 Å². The molecule has 1 heterocycles. The lowest BCUT2D eigenvalue weighted by Crippen LogP contribution is -2.48. The van der Waals surface area contributed by atoms with Crippen molar-refractivity contribution in [3.8, 4) is 0 Å². The predicted molar refractivity (Wildman–Crippen MR) is 100 cm³/mol. The largest absolute Gasteiger partial charge is 0.298 e. The molecule has 0 saturated carbocycles. The Hall–Kier alpha value is -2.51. The molecule has 5 nitrogen and oxygen atoms in total. The molecule has 0 atom stereocenters. The Morgan fingerprint density at radius 2 is 1.88 bits per heavy atom. The van der Waals surface area contributed by atoms with Crippen molar-refractivity contribution in [3.05, 3.63) is 64.4 Å². The van der Waals surface area contributed by atoms with Crippen LogP contribution < -0.4 is 16.2 Å². The summed E-state index contributed by atoms with van der Waals surface area (Å²) in [5.41, 5.74) is 6.06. The van der Waals surface area contributed by atoms with Gasteiger partial charge >= 0.3 is 0 Å². The number of carbonyl (C=O) groups is 2. The molecule has 0 spiro atoms. The van der Waals surface area contributed by atoms with Crippen molar-refractivity contribution < 1.29 is 9.59 Å². The summed E-state index contributed by atoms with van der Waals surface area (Å²) < 4.78 is 0. The van der Waals surface area contributed by atoms with Crippen molar-refractivity contribution in [2.24, 2.45) is 0 Å². The molecule has 0 bridgehead atoms. The second kappa shape index (κ2) is 9.59. The average Bonchev–Trinajstić information content (AvgIpc) is 3.11. The number of hydrazine groups is 1. The van der Waals surface area contributed by atoms with Crippen LogP contribution in [0.4, 0.5) is 0 Å². The summed E-state index contributed by atoms with van der Waals surface area (Å²) in [6.45, 7) is 0. The van der Waals surface area contributed by atoms with Crippen molar-refractivity contribution >= 4 is 46.6 Å². The zero-order chi connectivity index (χ0) is 17.2. The highest BCUT2D eigenvalue weighted by atomic mass is 32.1. The summed E-state index contributed by atoms with van der Waals surface area (Å²) in [4.78, 5) is 24.4. The lowest BCUT2D eigenvalue weighted by atomic mass is 10.1. The fourth-order valence-electron chi connectivity index (χ4n) is 1.82. The molecule has 1 aromatic carbocycles. The first-order chi connectivity index (χ1) is 11.6. The topological polar surface area (TPSA) is 70.2 Å². The third-order valence-corrected chi connectivity index (χ3v) is 4.02. The Kier molecular flexibility index (Phi) is 7.13. The fourth-order valence-corrected chi connectivity index (χ4v) is 2.59. The van der Waals surface area contributed by atoms with Crippen LogP contribution in [-0.4, -0.2) is 16.9 Å². The van der Waals surface area contributed by atoms with Gasteiger partial charge in [0.2, 0.25) is 11.8 Å². The number of rotatable bonds is 5. The normalized spacial score (nSPS) is 10.3. The molecular weight excluding hydrogens is 342 g/mol. The summed E-state index contributed by atoms with van der Waals surface area (Å²) in [5.74, 6) is -0.566. The van der Waals surface area contributed by atoms with Gasteiger partial charge in [-0.25, -0.2) is 0 Å². The smallest absolute Gasteiger partial charge is 0.250 e. The summed E-state index contributed by atoms with van der Waals surface area (Å²) in [5, 5.41) is 4.43. The van der Waals surface area contributed by atoms with Crippen molar-refractivity contribution in [1.82, 2.24) is 16.2 Å². The number of thiophene rings is 1. The van der Waals surface area contributed by atoms with Gasteiger partial charge in [-0.1, -0.05) is 36.4 Å². The monoisotopic (exact) mass is 359 g/mol. The van der Waals surface area contributed by atoms with Gasteiger partial charge in [0.15, 0.2) is 5.11 Å². The molecule has 0 unspecified atom stereocenters. The van der Waals surface area contributed by atoms with E-state index in [1.807, 2.05) is 47.8 Å². The number of benzene rings is 1. The zero-order valence-electron chi connectivity index (χ0n) is 12.8. The van der Waals surface area contributed by atoms with Crippen LogP contribution in [0.2, 0.25) is 0 Å². The molecular formula is C17H17N3O2S2. The minimum absolute atomic E-state index is 0.0453. The van der Waals surface area contributed by atoms with Crippen molar-refractivity contribution in [2.45, 2.75) is 12.8 Å². The standard InChI is InChI=1S/C17H17N3O2S2/c21-15(11-9-14-7-4-12-24-14)18-17(23)20-19-16(22)10-8-13-5-2-1-3-6-13/h1-7,9,11-12H,8,10H2,(H,19,22)(H2,18,20,21,23)/b11-9+. The molecule has 2 aromatic rings. The molecule has 3 N–H and O–H groups in total. The van der Waals surface area contributed by atoms with Gasteiger partial charge in [-0.05, 0) is 41.7 Å². The quantitative estimate of drug-likeness (QED) is 0.436. The maximum atomic E-state index is 11.7. The van der Waals surface area contributed by atoms with E-state index >= 15 is 0 Å². The molecule has 0 aliphatic carbocycles. The number of hydrogen-bond acceptors (Lipinski definition) is 4. The van der Waals surface area contributed by atoms with Crippen LogP contribution in [0.3, 0.4) is 0 Å². The van der Waals surface area contributed by atoms with E-state index in [-0.39, 0.29) is 16.9 Å². The van der Waals surface area contributed by atoms with Crippen LogP contribution in [0.5, 0.6) is 0 Å². The van der Waals surface area contributed by atoms with E-state index in [1.165, 1.54) is 17.4 Å². The van der Waals surface area contributed by atoms with Gasteiger partial charge in [-0.2, -0.15) is 0 Å². The van der Waals surface area contributed by atoms with Gasteiger partial charge in [-0.3, -0.25) is 25.8 Å². The second-order valence-electron chi connectivity index (χ2n) is 4.83. The number of nitrogens with one attached hydrogen (secondary N) is 3. The number of aryl methyl sites for hydroxylation is 1. The lowest BCUT2D eigenvalue weighted by Gasteiger charge is -2.09. The van der Waals surface area contributed by atoms with Gasteiger partial charge in [0.1, 0.15) is 0 Å². The van der Waals surface area contributed by atoms with Gasteiger partial charge in [0.05, 0.1) is 0 Å². The Labute approximate surface area is 149 Å². The zero-order valence-corrected chi connectivity index (χ0v) is 14.5. The molecule has 124 valence electrons. The Bertz CT molecular complexity index is 713. The lowest BCUT2D eigenvalue weighted by molar-refractivity contribution is -0.121. The Morgan fingerprint density at radius 1 is 1.08 bits per heavy atom. The molecule has 0 aliphatic rings. The summed E-state index contributed by atoms with van der Waals surface area (Å²) in [6, 6.07) is 13.5. The summed E-state index contributed by atoms with van der Waals surface area (Å²) >= 11 is 6.48. The van der Waals surface area contributed by atoms with Gasteiger partial charge in [0.25, 0.3) is 0 Å². The molecule has 0 saturated heterocycles. The molecule has 0 radical (unpaired) electrons. The SMILES string of the molecule is O=C(/C=C/c1cccs1)NC(=S)NNC(=O)CCc1ccccc1. The Morgan fingerprint density at radius 3 is 2.58 bits per heavy atom. The first kappa shape index (κ1) is 17.8. The highest BCUT2D eigenvalue weighted by Gasteiger charge is 2.04. The molecule has 2 rings (SSSR count). The van der Waals surface area contributed by atoms with Crippen LogP contribution in [0.1, 0.15) is 16.9 Å². The molecule has 1 aromatic heterocycles. The Balaban J connectivity index is 1.65. The van der Waals surface area contributed by atoms with E-state index in [0.29, 0.717) is 12.8 Å². The van der Waals surface area contributed by atoms with E-state index in [9.17, 15) is 9.59 Å². The minimum Gasteiger partial charge on any atom is -0.298 e.